The second-order valence-electron chi connectivity index (χ2n) is 7.34. The van der Waals surface area contributed by atoms with Gasteiger partial charge >= 0.3 is 6.92 Å². The van der Waals surface area contributed by atoms with Gasteiger partial charge in [-0.25, -0.2) is 0 Å². The molecule has 1 N–H and O–H groups in total. The van der Waals surface area contributed by atoms with E-state index in [4.69, 9.17) is 9.39 Å². The van der Waals surface area contributed by atoms with Crippen molar-refractivity contribution in [3.8, 4) is 0 Å². The molecule has 0 spiro atoms. The van der Waals surface area contributed by atoms with Crippen LogP contribution in [0.1, 0.15) is 36.0 Å². The minimum absolute atomic E-state index is 0.126. The molecule has 3 nitrogen and oxygen atoms in total. The number of rotatable bonds is 8. The quantitative estimate of drug-likeness (QED) is 0.736. The topological polar surface area (TPSA) is 30.5 Å². The van der Waals surface area contributed by atoms with E-state index in [1.807, 2.05) is 0 Å². The lowest BCUT2D eigenvalue weighted by molar-refractivity contribution is 0.107. The van der Waals surface area contributed by atoms with Crippen LogP contribution in [0.5, 0.6) is 0 Å². The third kappa shape index (κ3) is 5.98. The summed E-state index contributed by atoms with van der Waals surface area (Å²) in [6, 6.07) is 17.6. The molecule has 0 bridgehead atoms. The summed E-state index contributed by atoms with van der Waals surface area (Å²) in [5.74, 6) is 0. The maximum atomic E-state index is 6.06. The van der Waals surface area contributed by atoms with Crippen LogP contribution in [0.4, 0.5) is 0 Å². The lowest BCUT2D eigenvalue weighted by Gasteiger charge is -2.24. The summed E-state index contributed by atoms with van der Waals surface area (Å²) in [6.07, 6.45) is 3.83. The Kier molecular flexibility index (Phi) is 7.30. The SMILES string of the molecule is CB(OCC1CCCCN1)c1ccc(COCc2ccc(C)cc2)cc1. The lowest BCUT2D eigenvalue weighted by atomic mass is 9.63. The Morgan fingerprint density at radius 1 is 0.962 bits per heavy atom. The maximum Gasteiger partial charge on any atom is 0.323 e. The molecule has 2 aromatic carbocycles. The van der Waals surface area contributed by atoms with E-state index in [0.717, 1.165) is 13.2 Å². The summed E-state index contributed by atoms with van der Waals surface area (Å²) >= 11 is 0. The monoisotopic (exact) mass is 351 g/mol. The van der Waals surface area contributed by atoms with Gasteiger partial charge in [0, 0.05) is 12.6 Å². The molecule has 0 saturated carbocycles. The van der Waals surface area contributed by atoms with Crippen LogP contribution in [-0.2, 0) is 22.6 Å². The number of piperidine rings is 1. The highest BCUT2D eigenvalue weighted by Crippen LogP contribution is 2.09. The molecule has 1 atom stereocenters. The molecule has 1 heterocycles. The van der Waals surface area contributed by atoms with Gasteiger partial charge in [-0.1, -0.05) is 67.3 Å². The molecule has 1 saturated heterocycles. The van der Waals surface area contributed by atoms with Gasteiger partial charge in [-0.2, -0.15) is 0 Å². The first kappa shape index (κ1) is 19.2. The molecular weight excluding hydrogens is 321 g/mol. The molecule has 1 unspecified atom stereocenters. The highest BCUT2D eigenvalue weighted by molar-refractivity contribution is 6.66. The average molecular weight is 351 g/mol. The van der Waals surface area contributed by atoms with Gasteiger partial charge in [-0.3, -0.25) is 0 Å². The van der Waals surface area contributed by atoms with Crippen LogP contribution in [0.2, 0.25) is 6.82 Å². The Morgan fingerprint density at radius 2 is 1.62 bits per heavy atom. The first-order valence-corrected chi connectivity index (χ1v) is 9.78. The zero-order valence-corrected chi connectivity index (χ0v) is 16.0. The summed E-state index contributed by atoms with van der Waals surface area (Å²) in [6.45, 7) is 7.56. The standard InChI is InChI=1S/C22H30BNO2/c1-18-6-8-19(9-7-18)15-25-16-20-10-12-21(13-11-20)23(2)26-17-22-5-3-4-14-24-22/h6-13,22,24H,3-5,14-17H2,1-2H3. The van der Waals surface area contributed by atoms with Gasteiger partial charge < -0.3 is 14.7 Å². The van der Waals surface area contributed by atoms with Gasteiger partial charge in [0.25, 0.3) is 0 Å². The van der Waals surface area contributed by atoms with Crippen LogP contribution in [0.15, 0.2) is 48.5 Å². The largest absolute Gasteiger partial charge is 0.429 e. The molecular formula is C22H30BNO2. The molecule has 26 heavy (non-hydrogen) atoms. The Bertz CT molecular complexity index is 651. The van der Waals surface area contributed by atoms with Crippen LogP contribution >= 0.6 is 0 Å². The molecule has 0 radical (unpaired) electrons. The van der Waals surface area contributed by atoms with Crippen molar-refractivity contribution in [3.05, 3.63) is 65.2 Å². The fraction of sp³-hybridized carbons (Fsp3) is 0.455. The van der Waals surface area contributed by atoms with Gasteiger partial charge in [-0.05, 0) is 42.9 Å². The van der Waals surface area contributed by atoms with E-state index in [-0.39, 0.29) is 6.92 Å². The van der Waals surface area contributed by atoms with Gasteiger partial charge in [0.1, 0.15) is 0 Å². The summed E-state index contributed by atoms with van der Waals surface area (Å²) in [5.41, 5.74) is 4.91. The second-order valence-corrected chi connectivity index (χ2v) is 7.34. The van der Waals surface area contributed by atoms with E-state index < -0.39 is 0 Å². The first-order valence-electron chi connectivity index (χ1n) is 9.78. The third-order valence-corrected chi connectivity index (χ3v) is 5.07. The number of aryl methyl sites for hydroxylation is 1. The highest BCUT2D eigenvalue weighted by atomic mass is 16.5. The van der Waals surface area contributed by atoms with Crippen molar-refractivity contribution in [1.82, 2.24) is 5.32 Å². The van der Waals surface area contributed by atoms with Gasteiger partial charge in [0.2, 0.25) is 0 Å². The van der Waals surface area contributed by atoms with E-state index in [1.165, 1.54) is 41.4 Å². The number of nitrogens with one attached hydrogen (secondary N) is 1. The second kappa shape index (κ2) is 9.91. The predicted molar refractivity (Wildman–Crippen MR) is 109 cm³/mol. The first-order chi connectivity index (χ1) is 12.7. The fourth-order valence-electron chi connectivity index (χ4n) is 3.28. The van der Waals surface area contributed by atoms with Gasteiger partial charge in [0.05, 0.1) is 13.2 Å². The normalized spacial score (nSPS) is 17.2. The van der Waals surface area contributed by atoms with Crippen LogP contribution in [0.3, 0.4) is 0 Å². The highest BCUT2D eigenvalue weighted by Gasteiger charge is 2.17. The zero-order valence-electron chi connectivity index (χ0n) is 16.0. The molecule has 0 aromatic heterocycles. The molecule has 138 valence electrons. The fourth-order valence-corrected chi connectivity index (χ4v) is 3.28. The van der Waals surface area contributed by atoms with Gasteiger partial charge in [-0.15, -0.1) is 0 Å². The molecule has 0 aliphatic carbocycles. The van der Waals surface area contributed by atoms with Crippen molar-refractivity contribution in [2.45, 2.75) is 52.3 Å². The van der Waals surface area contributed by atoms with Crippen LogP contribution in [-0.4, -0.2) is 26.1 Å². The Balaban J connectivity index is 1.41. The average Bonchev–Trinajstić information content (AvgIpc) is 2.69. The predicted octanol–water partition coefficient (Wildman–Crippen LogP) is 3.70. The lowest BCUT2D eigenvalue weighted by Crippen LogP contribution is -2.41. The van der Waals surface area contributed by atoms with Gasteiger partial charge in [0.15, 0.2) is 0 Å². The number of hydrogen-bond donors (Lipinski definition) is 1. The number of hydrogen-bond acceptors (Lipinski definition) is 3. The number of benzene rings is 2. The van der Waals surface area contributed by atoms with Crippen molar-refractivity contribution in [3.63, 3.8) is 0 Å². The molecule has 4 heteroatoms. The minimum Gasteiger partial charge on any atom is -0.429 e. The molecule has 0 amide bonds. The summed E-state index contributed by atoms with van der Waals surface area (Å²) in [7, 11) is 0. The Labute approximate surface area is 158 Å². The Hall–Kier alpha value is -1.62. The molecule has 1 fully saturated rings. The van der Waals surface area contributed by atoms with Crippen molar-refractivity contribution in [1.29, 1.82) is 0 Å². The molecule has 1 aliphatic heterocycles. The maximum absolute atomic E-state index is 6.06. The summed E-state index contributed by atoms with van der Waals surface area (Å²) in [5, 5.41) is 3.53. The zero-order chi connectivity index (χ0) is 18.2. The van der Waals surface area contributed by atoms with Crippen LogP contribution in [0.25, 0.3) is 0 Å². The Morgan fingerprint density at radius 3 is 2.23 bits per heavy atom. The smallest absolute Gasteiger partial charge is 0.323 e. The van der Waals surface area contributed by atoms with E-state index in [1.54, 1.807) is 0 Å². The van der Waals surface area contributed by atoms with Crippen molar-refractivity contribution in [2.24, 2.45) is 0 Å². The molecule has 3 rings (SSSR count). The van der Waals surface area contributed by atoms with Crippen molar-refractivity contribution in [2.75, 3.05) is 13.2 Å². The number of ether oxygens (including phenoxy) is 1. The van der Waals surface area contributed by atoms with E-state index in [9.17, 15) is 0 Å². The summed E-state index contributed by atoms with van der Waals surface area (Å²) in [4.78, 5) is 0. The molecule has 2 aromatic rings. The van der Waals surface area contributed by atoms with Crippen molar-refractivity contribution < 1.29 is 9.39 Å². The van der Waals surface area contributed by atoms with E-state index in [2.05, 4.69) is 67.6 Å². The van der Waals surface area contributed by atoms with E-state index in [0.29, 0.717) is 19.3 Å². The van der Waals surface area contributed by atoms with Crippen LogP contribution < -0.4 is 10.8 Å². The summed E-state index contributed by atoms with van der Waals surface area (Å²) < 4.78 is 11.9. The molecule has 1 aliphatic rings. The van der Waals surface area contributed by atoms with Crippen molar-refractivity contribution >= 4 is 12.4 Å². The van der Waals surface area contributed by atoms with Crippen LogP contribution in [0, 0.1) is 6.92 Å². The third-order valence-electron chi connectivity index (χ3n) is 5.07. The van der Waals surface area contributed by atoms with E-state index >= 15 is 0 Å². The minimum atomic E-state index is 0.126.